The average molecular weight is 389 g/mol. The van der Waals surface area contributed by atoms with Gasteiger partial charge in [-0.1, -0.05) is 30.3 Å². The number of aliphatic imine (C=N–C) groups is 1. The van der Waals surface area contributed by atoms with Crippen LogP contribution in [0.25, 0.3) is 5.82 Å². The van der Waals surface area contributed by atoms with Crippen LogP contribution in [0.4, 0.5) is 0 Å². The highest BCUT2D eigenvalue weighted by atomic mass is 15.3. The quantitative estimate of drug-likeness (QED) is 0.520. The summed E-state index contributed by atoms with van der Waals surface area (Å²) < 4.78 is 1.77. The molecule has 2 aromatic heterocycles. The van der Waals surface area contributed by atoms with E-state index in [1.54, 1.807) is 10.9 Å². The molecule has 3 heterocycles. The van der Waals surface area contributed by atoms with Gasteiger partial charge >= 0.3 is 0 Å². The van der Waals surface area contributed by atoms with Crippen LogP contribution in [-0.2, 0) is 13.0 Å². The molecular formula is C23H28N6. The fraction of sp³-hybridized carbons (Fsp3) is 0.348. The summed E-state index contributed by atoms with van der Waals surface area (Å²) in [7, 11) is 0. The Morgan fingerprint density at radius 3 is 2.83 bits per heavy atom. The van der Waals surface area contributed by atoms with Gasteiger partial charge in [0, 0.05) is 38.2 Å². The second kappa shape index (κ2) is 9.37. The van der Waals surface area contributed by atoms with Crippen molar-refractivity contribution >= 4 is 5.96 Å². The van der Waals surface area contributed by atoms with Crippen molar-refractivity contribution in [3.63, 3.8) is 0 Å². The monoisotopic (exact) mass is 388 g/mol. The molecule has 0 saturated carbocycles. The number of guanidine groups is 1. The van der Waals surface area contributed by atoms with Crippen LogP contribution in [0.15, 0.2) is 72.1 Å². The van der Waals surface area contributed by atoms with Crippen molar-refractivity contribution in [3.05, 3.63) is 78.2 Å². The van der Waals surface area contributed by atoms with Gasteiger partial charge in [0.15, 0.2) is 11.8 Å². The van der Waals surface area contributed by atoms with E-state index in [-0.39, 0.29) is 0 Å². The van der Waals surface area contributed by atoms with Crippen molar-refractivity contribution in [1.82, 2.24) is 25.0 Å². The molecule has 6 heteroatoms. The van der Waals surface area contributed by atoms with E-state index in [9.17, 15) is 0 Å². The number of benzene rings is 1. The third-order valence-corrected chi connectivity index (χ3v) is 5.25. The number of rotatable bonds is 6. The molecule has 1 aliphatic heterocycles. The Morgan fingerprint density at radius 1 is 1.14 bits per heavy atom. The van der Waals surface area contributed by atoms with Crippen molar-refractivity contribution in [2.75, 3.05) is 19.6 Å². The lowest BCUT2D eigenvalue weighted by atomic mass is 9.99. The summed E-state index contributed by atoms with van der Waals surface area (Å²) in [5, 5.41) is 7.72. The maximum Gasteiger partial charge on any atom is 0.194 e. The topological polar surface area (TPSA) is 58.3 Å². The zero-order valence-electron chi connectivity index (χ0n) is 16.9. The molecule has 1 saturated heterocycles. The van der Waals surface area contributed by atoms with E-state index in [2.05, 4.69) is 57.6 Å². The first-order chi connectivity index (χ1) is 14.3. The molecule has 3 aromatic rings. The molecule has 0 amide bonds. The molecule has 29 heavy (non-hydrogen) atoms. The van der Waals surface area contributed by atoms with Gasteiger partial charge < -0.3 is 10.2 Å². The van der Waals surface area contributed by atoms with E-state index < -0.39 is 0 Å². The van der Waals surface area contributed by atoms with E-state index in [1.807, 2.05) is 30.6 Å². The SMILES string of the molecule is CCNC(=NCc1ccnc(-n2cccn2)c1)N1CCC(Cc2ccccc2)C1. The van der Waals surface area contributed by atoms with E-state index >= 15 is 0 Å². The van der Waals surface area contributed by atoms with Crippen LogP contribution in [-0.4, -0.2) is 45.3 Å². The van der Waals surface area contributed by atoms with E-state index in [4.69, 9.17) is 4.99 Å². The van der Waals surface area contributed by atoms with Gasteiger partial charge in [0.05, 0.1) is 6.54 Å². The molecule has 150 valence electrons. The zero-order chi connectivity index (χ0) is 19.9. The Labute approximate surface area is 172 Å². The number of hydrogen-bond acceptors (Lipinski definition) is 3. The van der Waals surface area contributed by atoms with E-state index in [0.29, 0.717) is 12.5 Å². The lowest BCUT2D eigenvalue weighted by Gasteiger charge is -2.22. The second-order valence-corrected chi connectivity index (χ2v) is 7.43. The molecule has 0 spiro atoms. The number of likely N-dealkylation sites (tertiary alicyclic amines) is 1. The van der Waals surface area contributed by atoms with Crippen LogP contribution in [0.1, 0.15) is 24.5 Å². The maximum atomic E-state index is 4.90. The molecular weight excluding hydrogens is 360 g/mol. The summed E-state index contributed by atoms with van der Waals surface area (Å²) in [5.74, 6) is 2.49. The summed E-state index contributed by atoms with van der Waals surface area (Å²) in [6.45, 7) is 5.72. The molecule has 4 rings (SSSR count). The molecule has 0 bridgehead atoms. The van der Waals surface area contributed by atoms with Gasteiger partial charge in [0.2, 0.25) is 0 Å². The number of nitrogens with zero attached hydrogens (tertiary/aromatic N) is 5. The molecule has 0 aliphatic carbocycles. The molecule has 0 radical (unpaired) electrons. The number of hydrogen-bond donors (Lipinski definition) is 1. The van der Waals surface area contributed by atoms with Gasteiger partial charge in [0.25, 0.3) is 0 Å². The Hall–Kier alpha value is -3.15. The summed E-state index contributed by atoms with van der Waals surface area (Å²) in [6.07, 6.45) is 7.82. The van der Waals surface area contributed by atoms with Gasteiger partial charge in [-0.2, -0.15) is 5.10 Å². The van der Waals surface area contributed by atoms with Crippen LogP contribution >= 0.6 is 0 Å². The largest absolute Gasteiger partial charge is 0.357 e. The van der Waals surface area contributed by atoms with Gasteiger partial charge in [-0.15, -0.1) is 0 Å². The van der Waals surface area contributed by atoms with Crippen molar-refractivity contribution < 1.29 is 0 Å². The van der Waals surface area contributed by atoms with Crippen molar-refractivity contribution in [1.29, 1.82) is 0 Å². The molecule has 1 aromatic carbocycles. The lowest BCUT2D eigenvalue weighted by molar-refractivity contribution is 0.460. The Balaban J connectivity index is 1.41. The maximum absolute atomic E-state index is 4.90. The third-order valence-electron chi connectivity index (χ3n) is 5.25. The van der Waals surface area contributed by atoms with Crippen LogP contribution < -0.4 is 5.32 Å². The number of nitrogens with one attached hydrogen (secondary N) is 1. The van der Waals surface area contributed by atoms with Gasteiger partial charge in [-0.05, 0) is 55.0 Å². The minimum absolute atomic E-state index is 0.624. The third kappa shape index (κ3) is 5.02. The fourth-order valence-corrected chi connectivity index (χ4v) is 3.82. The van der Waals surface area contributed by atoms with Crippen molar-refractivity contribution in [2.24, 2.45) is 10.9 Å². The Kier molecular flexibility index (Phi) is 6.19. The van der Waals surface area contributed by atoms with Gasteiger partial charge in [0.1, 0.15) is 0 Å². The molecule has 6 nitrogen and oxygen atoms in total. The van der Waals surface area contributed by atoms with Gasteiger partial charge in [-0.25, -0.2) is 14.7 Å². The standard InChI is InChI=1S/C23H28N6/c1-2-24-23(28-14-10-21(18-28)15-19-7-4-3-5-8-19)26-17-20-9-12-25-22(16-20)29-13-6-11-27-29/h3-9,11-13,16,21H,2,10,14-15,17-18H2,1H3,(H,24,26). The smallest absolute Gasteiger partial charge is 0.194 e. The minimum atomic E-state index is 0.624. The number of aromatic nitrogens is 3. The van der Waals surface area contributed by atoms with Crippen LogP contribution in [0.2, 0.25) is 0 Å². The molecule has 1 N–H and O–H groups in total. The highest BCUT2D eigenvalue weighted by molar-refractivity contribution is 5.80. The second-order valence-electron chi connectivity index (χ2n) is 7.43. The Bertz CT molecular complexity index is 920. The fourth-order valence-electron chi connectivity index (χ4n) is 3.82. The average Bonchev–Trinajstić information content (AvgIpc) is 3.45. The summed E-state index contributed by atoms with van der Waals surface area (Å²) in [4.78, 5) is 11.7. The van der Waals surface area contributed by atoms with Crippen molar-refractivity contribution in [3.8, 4) is 5.82 Å². The number of pyridine rings is 1. The summed E-state index contributed by atoms with van der Waals surface area (Å²) >= 11 is 0. The van der Waals surface area contributed by atoms with E-state index in [1.165, 1.54) is 12.0 Å². The molecule has 1 aliphatic rings. The minimum Gasteiger partial charge on any atom is -0.357 e. The Morgan fingerprint density at radius 2 is 2.03 bits per heavy atom. The first-order valence-corrected chi connectivity index (χ1v) is 10.3. The lowest BCUT2D eigenvalue weighted by Crippen LogP contribution is -2.40. The summed E-state index contributed by atoms with van der Waals surface area (Å²) in [5.41, 5.74) is 2.55. The summed E-state index contributed by atoms with van der Waals surface area (Å²) in [6, 6.07) is 16.7. The predicted octanol–water partition coefficient (Wildman–Crippen LogP) is 3.30. The van der Waals surface area contributed by atoms with Crippen LogP contribution in [0.5, 0.6) is 0 Å². The van der Waals surface area contributed by atoms with Crippen molar-refractivity contribution in [2.45, 2.75) is 26.3 Å². The zero-order valence-corrected chi connectivity index (χ0v) is 16.9. The van der Waals surface area contributed by atoms with Crippen LogP contribution in [0, 0.1) is 5.92 Å². The van der Waals surface area contributed by atoms with E-state index in [0.717, 1.165) is 43.4 Å². The highest BCUT2D eigenvalue weighted by Crippen LogP contribution is 2.21. The molecule has 1 fully saturated rings. The molecule has 1 unspecified atom stereocenters. The molecule has 1 atom stereocenters. The van der Waals surface area contributed by atoms with Gasteiger partial charge in [-0.3, -0.25) is 0 Å². The first-order valence-electron chi connectivity index (χ1n) is 10.3. The highest BCUT2D eigenvalue weighted by Gasteiger charge is 2.24. The first kappa shape index (κ1) is 19.2. The normalized spacial score (nSPS) is 16.9. The predicted molar refractivity (Wildman–Crippen MR) is 116 cm³/mol. The van der Waals surface area contributed by atoms with Crippen LogP contribution in [0.3, 0.4) is 0 Å².